The second-order valence-corrected chi connectivity index (χ2v) is 10.8. The number of hydrogen-bond donors (Lipinski definition) is 2. The lowest BCUT2D eigenvalue weighted by atomic mass is 10.00. The van der Waals surface area contributed by atoms with Crippen LogP contribution in [0.15, 0.2) is 77.7 Å². The van der Waals surface area contributed by atoms with Crippen LogP contribution in [0.1, 0.15) is 51.3 Å². The molecule has 0 fully saturated rings. The van der Waals surface area contributed by atoms with Crippen LogP contribution in [0.2, 0.25) is 0 Å². The highest BCUT2D eigenvalue weighted by molar-refractivity contribution is 7.90. The molecule has 192 valence electrons. The summed E-state index contributed by atoms with van der Waals surface area (Å²) >= 11 is 0. The van der Waals surface area contributed by atoms with Crippen molar-refractivity contribution in [3.05, 3.63) is 106 Å². The van der Waals surface area contributed by atoms with Gasteiger partial charge >= 0.3 is 0 Å². The van der Waals surface area contributed by atoms with Crippen molar-refractivity contribution in [3.63, 3.8) is 0 Å². The monoisotopic (exact) mass is 518 g/mol. The SMILES string of the molecule is Cc1cc(C)c(Cn2nc(OC(C)c3ccccc3)cc2C(=O)NS(=O)(=O)c2cccc(N)c2)c(C)c1. The van der Waals surface area contributed by atoms with E-state index in [1.807, 2.05) is 58.0 Å². The molecule has 8 nitrogen and oxygen atoms in total. The van der Waals surface area contributed by atoms with Gasteiger partial charge in [-0.1, -0.05) is 54.1 Å². The number of nitrogens with two attached hydrogens (primary N) is 1. The summed E-state index contributed by atoms with van der Waals surface area (Å²) in [6, 6.07) is 20.9. The van der Waals surface area contributed by atoms with Crippen LogP contribution in [0.25, 0.3) is 0 Å². The number of benzene rings is 3. The predicted octanol–water partition coefficient (Wildman–Crippen LogP) is 4.70. The summed E-state index contributed by atoms with van der Waals surface area (Å²) in [4.78, 5) is 13.2. The van der Waals surface area contributed by atoms with Gasteiger partial charge in [0.25, 0.3) is 15.9 Å². The largest absolute Gasteiger partial charge is 0.469 e. The standard InChI is InChI=1S/C28H30N4O4S/c1-18-13-19(2)25(20(3)14-18)17-32-26(16-27(30-32)36-21(4)22-9-6-5-7-10-22)28(33)31-37(34,35)24-12-8-11-23(29)15-24/h5-16,21H,17,29H2,1-4H3,(H,31,33). The van der Waals surface area contributed by atoms with Crippen molar-refractivity contribution in [2.75, 3.05) is 5.73 Å². The van der Waals surface area contributed by atoms with Crippen molar-refractivity contribution in [1.82, 2.24) is 14.5 Å². The zero-order valence-corrected chi connectivity index (χ0v) is 22.0. The average Bonchev–Trinajstić information content (AvgIpc) is 3.24. The molecule has 3 aromatic carbocycles. The lowest BCUT2D eigenvalue weighted by Crippen LogP contribution is -2.32. The van der Waals surface area contributed by atoms with E-state index in [9.17, 15) is 13.2 Å². The topological polar surface area (TPSA) is 116 Å². The van der Waals surface area contributed by atoms with Crippen LogP contribution in [-0.2, 0) is 16.6 Å². The first kappa shape index (κ1) is 26.0. The number of rotatable bonds is 8. The molecule has 4 aromatic rings. The fourth-order valence-electron chi connectivity index (χ4n) is 4.25. The van der Waals surface area contributed by atoms with Gasteiger partial charge in [0.2, 0.25) is 5.88 Å². The maximum absolute atomic E-state index is 13.3. The minimum atomic E-state index is -4.16. The number of aromatic nitrogens is 2. The Morgan fingerprint density at radius 3 is 2.32 bits per heavy atom. The smallest absolute Gasteiger partial charge is 0.283 e. The van der Waals surface area contributed by atoms with Gasteiger partial charge < -0.3 is 10.5 Å². The molecule has 1 atom stereocenters. The summed E-state index contributed by atoms with van der Waals surface area (Å²) in [6.07, 6.45) is -0.334. The van der Waals surface area contributed by atoms with E-state index < -0.39 is 15.9 Å². The third-order valence-corrected chi connectivity index (χ3v) is 7.43. The lowest BCUT2D eigenvalue weighted by Gasteiger charge is -2.14. The number of nitrogen functional groups attached to an aromatic ring is 1. The summed E-state index contributed by atoms with van der Waals surface area (Å²) < 4.78 is 35.5. The van der Waals surface area contributed by atoms with Crippen molar-refractivity contribution < 1.29 is 17.9 Å². The van der Waals surface area contributed by atoms with Gasteiger partial charge in [0.15, 0.2) is 0 Å². The number of sulfonamides is 1. The lowest BCUT2D eigenvalue weighted by molar-refractivity contribution is 0.0971. The maximum atomic E-state index is 13.3. The normalized spacial score (nSPS) is 12.2. The van der Waals surface area contributed by atoms with Crippen molar-refractivity contribution >= 4 is 21.6 Å². The van der Waals surface area contributed by atoms with Gasteiger partial charge in [0, 0.05) is 11.8 Å². The number of nitrogens with zero attached hydrogens (tertiary/aromatic N) is 2. The van der Waals surface area contributed by atoms with Gasteiger partial charge in [-0.3, -0.25) is 9.48 Å². The first-order valence-electron chi connectivity index (χ1n) is 11.8. The maximum Gasteiger partial charge on any atom is 0.283 e. The minimum Gasteiger partial charge on any atom is -0.469 e. The highest BCUT2D eigenvalue weighted by Crippen LogP contribution is 2.24. The van der Waals surface area contributed by atoms with Gasteiger partial charge in [0.05, 0.1) is 11.4 Å². The van der Waals surface area contributed by atoms with E-state index >= 15 is 0 Å². The van der Waals surface area contributed by atoms with Crippen LogP contribution in [0.5, 0.6) is 5.88 Å². The van der Waals surface area contributed by atoms with Crippen molar-refractivity contribution in [3.8, 4) is 5.88 Å². The fraction of sp³-hybridized carbons (Fsp3) is 0.214. The van der Waals surface area contributed by atoms with Gasteiger partial charge in [-0.25, -0.2) is 13.1 Å². The van der Waals surface area contributed by atoms with E-state index in [1.54, 1.807) is 6.07 Å². The number of carbonyl (C=O) groups excluding carboxylic acids is 1. The quantitative estimate of drug-likeness (QED) is 0.327. The fourth-order valence-corrected chi connectivity index (χ4v) is 5.27. The zero-order chi connectivity index (χ0) is 26.7. The van der Waals surface area contributed by atoms with Crippen molar-refractivity contribution in [2.24, 2.45) is 0 Å². The van der Waals surface area contributed by atoms with Crippen LogP contribution in [0, 0.1) is 20.8 Å². The molecule has 9 heteroatoms. The number of hydrogen-bond acceptors (Lipinski definition) is 6. The average molecular weight is 519 g/mol. The molecule has 0 bridgehead atoms. The van der Waals surface area contributed by atoms with Crippen LogP contribution < -0.4 is 15.2 Å². The van der Waals surface area contributed by atoms with Gasteiger partial charge in [-0.2, -0.15) is 0 Å². The van der Waals surface area contributed by atoms with Crippen LogP contribution in [0.3, 0.4) is 0 Å². The minimum absolute atomic E-state index is 0.0575. The molecular formula is C28H30N4O4S. The highest BCUT2D eigenvalue weighted by Gasteiger charge is 2.24. The first-order chi connectivity index (χ1) is 17.5. The van der Waals surface area contributed by atoms with Crippen LogP contribution >= 0.6 is 0 Å². The predicted molar refractivity (Wildman–Crippen MR) is 143 cm³/mol. The summed E-state index contributed by atoms with van der Waals surface area (Å²) in [5.74, 6) is -0.607. The summed E-state index contributed by atoms with van der Waals surface area (Å²) in [5, 5.41) is 4.53. The Morgan fingerprint density at radius 2 is 1.68 bits per heavy atom. The van der Waals surface area contributed by atoms with Gasteiger partial charge in [-0.15, -0.1) is 5.10 Å². The second-order valence-electron chi connectivity index (χ2n) is 9.08. The summed E-state index contributed by atoms with van der Waals surface area (Å²) in [6.45, 7) is 8.17. The first-order valence-corrected chi connectivity index (χ1v) is 13.3. The van der Waals surface area contributed by atoms with E-state index in [0.29, 0.717) is 0 Å². The Balaban J connectivity index is 1.69. The third kappa shape index (κ3) is 6.00. The van der Waals surface area contributed by atoms with E-state index in [2.05, 4.69) is 22.0 Å². The van der Waals surface area contributed by atoms with Crippen molar-refractivity contribution in [2.45, 2.75) is 45.2 Å². The van der Waals surface area contributed by atoms with Gasteiger partial charge in [0.1, 0.15) is 11.8 Å². The molecular weight excluding hydrogens is 488 g/mol. The van der Waals surface area contributed by atoms with E-state index in [0.717, 1.165) is 27.8 Å². The number of aryl methyl sites for hydroxylation is 3. The molecule has 0 aliphatic rings. The van der Waals surface area contributed by atoms with E-state index in [4.69, 9.17) is 10.5 Å². The number of nitrogens with one attached hydrogen (secondary N) is 1. The Kier molecular flexibility index (Phi) is 7.35. The van der Waals surface area contributed by atoms with Crippen LogP contribution in [0.4, 0.5) is 5.69 Å². The van der Waals surface area contributed by atoms with Crippen molar-refractivity contribution in [1.29, 1.82) is 0 Å². The molecule has 0 spiro atoms. The molecule has 1 unspecified atom stereocenters. The number of amides is 1. The molecule has 37 heavy (non-hydrogen) atoms. The Labute approximate surface area is 217 Å². The number of carbonyl (C=O) groups is 1. The van der Waals surface area contributed by atoms with E-state index in [-0.39, 0.29) is 34.8 Å². The summed E-state index contributed by atoms with van der Waals surface area (Å²) in [5.41, 5.74) is 11.2. The summed E-state index contributed by atoms with van der Waals surface area (Å²) in [7, 11) is -4.16. The molecule has 0 saturated carbocycles. The molecule has 4 rings (SSSR count). The molecule has 0 aliphatic heterocycles. The molecule has 0 aliphatic carbocycles. The number of ether oxygens (including phenoxy) is 1. The van der Waals surface area contributed by atoms with E-state index in [1.165, 1.54) is 28.9 Å². The number of anilines is 1. The Bertz CT molecular complexity index is 1520. The Morgan fingerprint density at radius 1 is 1.00 bits per heavy atom. The molecule has 1 aromatic heterocycles. The van der Waals surface area contributed by atoms with Gasteiger partial charge in [-0.05, 0) is 68.1 Å². The molecule has 3 N–H and O–H groups in total. The second kappa shape index (κ2) is 10.5. The molecule has 1 heterocycles. The third-order valence-electron chi connectivity index (χ3n) is 6.10. The van der Waals surface area contributed by atoms with Crippen LogP contribution in [-0.4, -0.2) is 24.1 Å². The molecule has 0 saturated heterocycles. The Hall–Kier alpha value is -4.11. The zero-order valence-electron chi connectivity index (χ0n) is 21.2. The molecule has 0 radical (unpaired) electrons. The highest BCUT2D eigenvalue weighted by atomic mass is 32.2. The molecule has 1 amide bonds.